The van der Waals surface area contributed by atoms with Gasteiger partial charge in [-0.25, -0.2) is 0 Å². The Morgan fingerprint density at radius 2 is 2.04 bits per heavy atom. The van der Waals surface area contributed by atoms with Crippen molar-refractivity contribution in [1.29, 1.82) is 0 Å². The molecular formula is C20H26N2O2. The Morgan fingerprint density at radius 3 is 2.62 bits per heavy atom. The molecule has 0 saturated carbocycles. The summed E-state index contributed by atoms with van der Waals surface area (Å²) in [5.74, 6) is 1.48. The van der Waals surface area contributed by atoms with Gasteiger partial charge in [-0.1, -0.05) is 32.0 Å². The van der Waals surface area contributed by atoms with Gasteiger partial charge in [-0.3, -0.25) is 9.78 Å². The van der Waals surface area contributed by atoms with Gasteiger partial charge in [0.2, 0.25) is 5.91 Å². The minimum Gasteiger partial charge on any atom is -0.496 e. The Kier molecular flexibility index (Phi) is 6.36. The van der Waals surface area contributed by atoms with Crippen molar-refractivity contribution in [1.82, 2.24) is 10.3 Å². The molecule has 0 saturated heterocycles. The van der Waals surface area contributed by atoms with Crippen LogP contribution in [0.4, 0.5) is 0 Å². The summed E-state index contributed by atoms with van der Waals surface area (Å²) in [6.07, 6.45) is 2.20. The molecule has 1 N–H and O–H groups in total. The van der Waals surface area contributed by atoms with Crippen molar-refractivity contribution in [2.45, 2.75) is 39.7 Å². The lowest BCUT2D eigenvalue weighted by Crippen LogP contribution is -2.26. The number of rotatable bonds is 7. The second kappa shape index (κ2) is 8.48. The predicted octanol–water partition coefficient (Wildman–Crippen LogP) is 3.84. The first-order chi connectivity index (χ1) is 11.5. The number of carbonyl (C=O) groups excluding carboxylic acids is 1. The summed E-state index contributed by atoms with van der Waals surface area (Å²) in [5, 5.41) is 2.97. The van der Waals surface area contributed by atoms with Crippen molar-refractivity contribution < 1.29 is 9.53 Å². The molecule has 1 unspecified atom stereocenters. The third-order valence-corrected chi connectivity index (χ3v) is 4.25. The van der Waals surface area contributed by atoms with Gasteiger partial charge in [-0.05, 0) is 48.1 Å². The van der Waals surface area contributed by atoms with E-state index in [9.17, 15) is 4.79 Å². The van der Waals surface area contributed by atoms with Crippen molar-refractivity contribution >= 4 is 5.91 Å². The van der Waals surface area contributed by atoms with Crippen molar-refractivity contribution in [2.75, 3.05) is 7.11 Å². The number of ether oxygens (including phenoxy) is 1. The molecular weight excluding hydrogens is 300 g/mol. The fourth-order valence-electron chi connectivity index (χ4n) is 2.83. The smallest absolute Gasteiger partial charge is 0.220 e. The van der Waals surface area contributed by atoms with Crippen molar-refractivity contribution in [3.63, 3.8) is 0 Å². The highest BCUT2D eigenvalue weighted by molar-refractivity contribution is 5.76. The lowest BCUT2D eigenvalue weighted by Gasteiger charge is -2.22. The first-order valence-electron chi connectivity index (χ1n) is 8.32. The number of aromatic nitrogens is 1. The quantitative estimate of drug-likeness (QED) is 0.841. The van der Waals surface area contributed by atoms with Crippen LogP contribution in [0.25, 0.3) is 0 Å². The molecule has 4 nitrogen and oxygen atoms in total. The van der Waals surface area contributed by atoms with Gasteiger partial charge in [0, 0.05) is 12.6 Å². The number of benzene rings is 1. The van der Waals surface area contributed by atoms with Gasteiger partial charge in [0.05, 0.1) is 19.3 Å². The Bertz CT molecular complexity index is 669. The molecule has 4 heteroatoms. The monoisotopic (exact) mass is 326 g/mol. The number of aryl methyl sites for hydroxylation is 1. The van der Waals surface area contributed by atoms with Gasteiger partial charge in [0.1, 0.15) is 5.75 Å². The van der Waals surface area contributed by atoms with Crippen LogP contribution in [0, 0.1) is 12.8 Å². The van der Waals surface area contributed by atoms with Crippen LogP contribution < -0.4 is 10.1 Å². The fraction of sp³-hybridized carbons (Fsp3) is 0.400. The minimum absolute atomic E-state index is 0.0489. The molecule has 1 aromatic carbocycles. The molecule has 1 amide bonds. The molecule has 0 aliphatic carbocycles. The molecule has 1 heterocycles. The first-order valence-corrected chi connectivity index (χ1v) is 8.32. The first kappa shape index (κ1) is 18.0. The van der Waals surface area contributed by atoms with Crippen LogP contribution >= 0.6 is 0 Å². The number of carbonyl (C=O) groups is 1. The summed E-state index contributed by atoms with van der Waals surface area (Å²) in [6, 6.07) is 11.9. The second-order valence-electron chi connectivity index (χ2n) is 6.38. The van der Waals surface area contributed by atoms with Gasteiger partial charge < -0.3 is 10.1 Å². The number of hydrogen-bond acceptors (Lipinski definition) is 3. The minimum atomic E-state index is 0.0489. The summed E-state index contributed by atoms with van der Waals surface area (Å²) in [4.78, 5) is 16.6. The molecule has 2 rings (SSSR count). The molecule has 2 aromatic rings. The Morgan fingerprint density at radius 1 is 1.25 bits per heavy atom. The highest BCUT2D eigenvalue weighted by atomic mass is 16.5. The van der Waals surface area contributed by atoms with Crippen LogP contribution in [0.15, 0.2) is 42.6 Å². The number of pyridine rings is 1. The van der Waals surface area contributed by atoms with Crippen molar-refractivity contribution in [3.05, 3.63) is 59.4 Å². The standard InChI is InChI=1S/C20H26N2O2/c1-14(2)18(16-8-9-19(24-4)15(3)11-16)12-20(23)22-13-17-7-5-6-10-21-17/h5-11,14,18H,12-13H2,1-4H3,(H,22,23). The van der Waals surface area contributed by atoms with Gasteiger partial charge in [0.25, 0.3) is 0 Å². The van der Waals surface area contributed by atoms with E-state index in [2.05, 4.69) is 36.3 Å². The maximum Gasteiger partial charge on any atom is 0.220 e. The highest BCUT2D eigenvalue weighted by Crippen LogP contribution is 2.31. The number of nitrogens with zero attached hydrogens (tertiary/aromatic N) is 1. The van der Waals surface area contributed by atoms with Crippen molar-refractivity contribution in [2.24, 2.45) is 5.92 Å². The lowest BCUT2D eigenvalue weighted by molar-refractivity contribution is -0.121. The van der Waals surface area contributed by atoms with E-state index in [4.69, 9.17) is 4.74 Å². The van der Waals surface area contributed by atoms with E-state index in [0.29, 0.717) is 18.9 Å². The topological polar surface area (TPSA) is 51.2 Å². The maximum absolute atomic E-state index is 12.3. The van der Waals surface area contributed by atoms with E-state index in [1.807, 2.05) is 31.2 Å². The number of amides is 1. The van der Waals surface area contributed by atoms with E-state index in [1.54, 1.807) is 13.3 Å². The largest absolute Gasteiger partial charge is 0.496 e. The number of methoxy groups -OCH3 is 1. The summed E-state index contributed by atoms with van der Waals surface area (Å²) in [5.41, 5.74) is 3.14. The average molecular weight is 326 g/mol. The number of hydrogen-bond donors (Lipinski definition) is 1. The summed E-state index contributed by atoms with van der Waals surface area (Å²) >= 11 is 0. The van der Waals surface area contributed by atoms with E-state index in [0.717, 1.165) is 17.0 Å². The molecule has 0 fully saturated rings. The van der Waals surface area contributed by atoms with E-state index in [-0.39, 0.29) is 11.8 Å². The lowest BCUT2D eigenvalue weighted by atomic mass is 9.85. The van der Waals surface area contributed by atoms with Crippen molar-refractivity contribution in [3.8, 4) is 5.75 Å². The molecule has 24 heavy (non-hydrogen) atoms. The van der Waals surface area contributed by atoms with Crippen LogP contribution in [0.3, 0.4) is 0 Å². The van der Waals surface area contributed by atoms with E-state index < -0.39 is 0 Å². The van der Waals surface area contributed by atoms with Gasteiger partial charge in [-0.15, -0.1) is 0 Å². The molecule has 0 spiro atoms. The Hall–Kier alpha value is -2.36. The zero-order chi connectivity index (χ0) is 17.5. The third kappa shape index (κ3) is 4.82. The zero-order valence-corrected chi connectivity index (χ0v) is 14.9. The van der Waals surface area contributed by atoms with E-state index >= 15 is 0 Å². The predicted molar refractivity (Wildman–Crippen MR) is 96.0 cm³/mol. The Balaban J connectivity index is 2.02. The zero-order valence-electron chi connectivity index (χ0n) is 14.9. The summed E-state index contributed by atoms with van der Waals surface area (Å²) < 4.78 is 5.32. The third-order valence-electron chi connectivity index (χ3n) is 4.25. The van der Waals surface area contributed by atoms with Crippen LogP contribution in [-0.2, 0) is 11.3 Å². The molecule has 0 aliphatic rings. The molecule has 0 bridgehead atoms. The molecule has 1 atom stereocenters. The molecule has 0 aliphatic heterocycles. The normalized spacial score (nSPS) is 12.0. The fourth-order valence-corrected chi connectivity index (χ4v) is 2.83. The second-order valence-corrected chi connectivity index (χ2v) is 6.38. The molecule has 128 valence electrons. The SMILES string of the molecule is COc1ccc(C(CC(=O)NCc2ccccn2)C(C)C)cc1C. The summed E-state index contributed by atoms with van der Waals surface area (Å²) in [7, 11) is 1.67. The highest BCUT2D eigenvalue weighted by Gasteiger charge is 2.20. The maximum atomic E-state index is 12.3. The van der Waals surface area contributed by atoms with Crippen LogP contribution in [0.2, 0.25) is 0 Å². The summed E-state index contributed by atoms with van der Waals surface area (Å²) in [6.45, 7) is 6.79. The van der Waals surface area contributed by atoms with E-state index in [1.165, 1.54) is 5.56 Å². The Labute approximate surface area is 144 Å². The van der Waals surface area contributed by atoms with Gasteiger partial charge >= 0.3 is 0 Å². The van der Waals surface area contributed by atoms with Gasteiger partial charge in [-0.2, -0.15) is 0 Å². The number of nitrogens with one attached hydrogen (secondary N) is 1. The molecule has 0 radical (unpaired) electrons. The van der Waals surface area contributed by atoms with Crippen LogP contribution in [-0.4, -0.2) is 18.0 Å². The van der Waals surface area contributed by atoms with Gasteiger partial charge in [0.15, 0.2) is 0 Å². The molecule has 1 aromatic heterocycles. The van der Waals surface area contributed by atoms with Crippen LogP contribution in [0.1, 0.15) is 43.0 Å². The average Bonchev–Trinajstić information content (AvgIpc) is 2.58. The van der Waals surface area contributed by atoms with Crippen LogP contribution in [0.5, 0.6) is 5.75 Å².